The largest absolute Gasteiger partial charge is 0.466 e. The molecule has 9 nitrogen and oxygen atoms in total. The zero-order chi connectivity index (χ0) is 32.0. The van der Waals surface area contributed by atoms with Gasteiger partial charge in [0.1, 0.15) is 17.7 Å². The molecule has 0 bridgehead atoms. The van der Waals surface area contributed by atoms with E-state index in [-0.39, 0.29) is 31.5 Å². The van der Waals surface area contributed by atoms with Crippen molar-refractivity contribution in [2.75, 3.05) is 13.2 Å². The van der Waals surface area contributed by atoms with Gasteiger partial charge in [-0.15, -0.1) is 6.42 Å². The van der Waals surface area contributed by atoms with Gasteiger partial charge in [-0.25, -0.2) is 4.79 Å². The molecule has 0 saturated heterocycles. The summed E-state index contributed by atoms with van der Waals surface area (Å²) in [7, 11) is 0. The average molecular weight is 586 g/mol. The SMILES string of the molecule is C#Cc1ccc(C(C(=O)NCCC(=O)OCC)N(C(=O)C(NC(=O)OC(C)(C)C)C(C)CC)C(C)CCC(C)C)cc1. The Balaban J connectivity index is 3.63. The molecule has 0 spiro atoms. The third-order valence-electron chi connectivity index (χ3n) is 6.90. The summed E-state index contributed by atoms with van der Waals surface area (Å²) in [5.74, 6) is 1.44. The molecule has 0 aromatic heterocycles. The van der Waals surface area contributed by atoms with E-state index in [1.54, 1.807) is 56.9 Å². The average Bonchev–Trinajstić information content (AvgIpc) is 2.91. The van der Waals surface area contributed by atoms with E-state index in [0.717, 1.165) is 6.42 Å². The standard InChI is InChI=1S/C33H51N3O6/c1-11-23(6)28(35-32(40)42-33(8,9)10)31(39)36(24(7)15-14-22(4)5)29(26-18-16-25(12-2)17-19-26)30(38)34-21-20-27(37)41-13-3/h2,16-19,22-24,28-29H,11,13-15,20-21H2,1,3-10H3,(H,34,38)(H,35,40). The van der Waals surface area contributed by atoms with E-state index < -0.39 is 41.6 Å². The van der Waals surface area contributed by atoms with Gasteiger partial charge >= 0.3 is 12.1 Å². The van der Waals surface area contributed by atoms with Crippen LogP contribution in [0.3, 0.4) is 0 Å². The van der Waals surface area contributed by atoms with Crippen LogP contribution in [-0.2, 0) is 23.9 Å². The van der Waals surface area contributed by atoms with E-state index in [0.29, 0.717) is 29.9 Å². The molecule has 0 saturated carbocycles. The molecule has 0 aliphatic rings. The molecule has 42 heavy (non-hydrogen) atoms. The lowest BCUT2D eigenvalue weighted by atomic mass is 9.93. The number of carbonyl (C=O) groups excluding carboxylic acids is 4. The van der Waals surface area contributed by atoms with Crippen LogP contribution in [-0.4, -0.2) is 59.6 Å². The summed E-state index contributed by atoms with van der Waals surface area (Å²) in [5.41, 5.74) is 0.444. The van der Waals surface area contributed by atoms with Crippen molar-refractivity contribution in [1.29, 1.82) is 0 Å². The maximum atomic E-state index is 14.5. The summed E-state index contributed by atoms with van der Waals surface area (Å²) in [4.78, 5) is 54.8. The molecular formula is C33H51N3O6. The van der Waals surface area contributed by atoms with Gasteiger partial charge in [0.25, 0.3) is 0 Å². The number of carbonyl (C=O) groups is 4. The molecule has 234 valence electrons. The minimum atomic E-state index is -1.04. The highest BCUT2D eigenvalue weighted by Crippen LogP contribution is 2.29. The van der Waals surface area contributed by atoms with Crippen molar-refractivity contribution in [3.05, 3.63) is 35.4 Å². The van der Waals surface area contributed by atoms with Gasteiger partial charge in [-0.05, 0) is 77.0 Å². The Bertz CT molecular complexity index is 1070. The summed E-state index contributed by atoms with van der Waals surface area (Å²) in [6.07, 6.45) is 6.93. The van der Waals surface area contributed by atoms with Gasteiger partial charge in [0, 0.05) is 18.2 Å². The third-order valence-corrected chi connectivity index (χ3v) is 6.90. The van der Waals surface area contributed by atoms with Crippen molar-refractivity contribution in [2.24, 2.45) is 11.8 Å². The fourth-order valence-electron chi connectivity index (χ4n) is 4.41. The molecule has 0 aliphatic carbocycles. The monoisotopic (exact) mass is 585 g/mol. The summed E-state index contributed by atoms with van der Waals surface area (Å²) >= 11 is 0. The van der Waals surface area contributed by atoms with Crippen LogP contribution < -0.4 is 10.6 Å². The van der Waals surface area contributed by atoms with E-state index in [2.05, 4.69) is 30.4 Å². The topological polar surface area (TPSA) is 114 Å². The van der Waals surface area contributed by atoms with Crippen molar-refractivity contribution >= 4 is 23.9 Å². The van der Waals surface area contributed by atoms with Crippen molar-refractivity contribution in [2.45, 2.75) is 112 Å². The first-order valence-electron chi connectivity index (χ1n) is 15.0. The number of benzene rings is 1. The van der Waals surface area contributed by atoms with Crippen molar-refractivity contribution in [3.63, 3.8) is 0 Å². The zero-order valence-electron chi connectivity index (χ0n) is 26.9. The van der Waals surface area contributed by atoms with Crippen molar-refractivity contribution in [1.82, 2.24) is 15.5 Å². The van der Waals surface area contributed by atoms with Gasteiger partial charge in [-0.3, -0.25) is 14.4 Å². The van der Waals surface area contributed by atoms with Gasteiger partial charge < -0.3 is 25.0 Å². The molecule has 4 atom stereocenters. The quantitative estimate of drug-likeness (QED) is 0.211. The first-order valence-corrected chi connectivity index (χ1v) is 15.0. The second kappa shape index (κ2) is 17.4. The Hall–Kier alpha value is -3.54. The fourth-order valence-corrected chi connectivity index (χ4v) is 4.41. The Labute approximate surface area is 252 Å². The van der Waals surface area contributed by atoms with E-state index >= 15 is 0 Å². The Morgan fingerprint density at radius 2 is 1.62 bits per heavy atom. The molecule has 1 aromatic carbocycles. The first-order chi connectivity index (χ1) is 19.6. The second-order valence-corrected chi connectivity index (χ2v) is 12.1. The van der Waals surface area contributed by atoms with Crippen molar-refractivity contribution in [3.8, 4) is 12.3 Å². The molecule has 0 fully saturated rings. The van der Waals surface area contributed by atoms with Crippen molar-refractivity contribution < 1.29 is 28.7 Å². The lowest BCUT2D eigenvalue weighted by Crippen LogP contribution is -2.57. The maximum absolute atomic E-state index is 14.5. The van der Waals surface area contributed by atoms with E-state index in [4.69, 9.17) is 15.9 Å². The molecule has 0 radical (unpaired) electrons. The van der Waals surface area contributed by atoms with Gasteiger partial charge in [0.2, 0.25) is 11.8 Å². The van der Waals surface area contributed by atoms with Gasteiger partial charge in [0.15, 0.2) is 0 Å². The summed E-state index contributed by atoms with van der Waals surface area (Å²) in [6.45, 7) is 17.2. The van der Waals surface area contributed by atoms with Crippen LogP contribution in [0.15, 0.2) is 24.3 Å². The van der Waals surface area contributed by atoms with Crippen LogP contribution in [0.2, 0.25) is 0 Å². The minimum absolute atomic E-state index is 0.00509. The van der Waals surface area contributed by atoms with Gasteiger partial charge in [0.05, 0.1) is 13.0 Å². The van der Waals surface area contributed by atoms with E-state index in [1.165, 1.54) is 0 Å². The number of nitrogens with one attached hydrogen (secondary N) is 2. The molecule has 3 amide bonds. The molecular weight excluding hydrogens is 534 g/mol. The smallest absolute Gasteiger partial charge is 0.408 e. The summed E-state index contributed by atoms with van der Waals surface area (Å²) < 4.78 is 10.5. The van der Waals surface area contributed by atoms with Crippen LogP contribution in [0, 0.1) is 24.2 Å². The number of nitrogens with zero attached hydrogens (tertiary/aromatic N) is 1. The highest BCUT2D eigenvalue weighted by Gasteiger charge is 2.40. The lowest BCUT2D eigenvalue weighted by Gasteiger charge is -2.40. The van der Waals surface area contributed by atoms with E-state index in [1.807, 2.05) is 20.8 Å². The molecule has 1 rings (SSSR count). The number of ether oxygens (including phenoxy) is 2. The number of alkyl carbamates (subject to hydrolysis) is 1. The number of hydrogen-bond donors (Lipinski definition) is 2. The fraction of sp³-hybridized carbons (Fsp3) is 0.636. The molecule has 2 N–H and O–H groups in total. The Morgan fingerprint density at radius 3 is 2.12 bits per heavy atom. The van der Waals surface area contributed by atoms with E-state index in [9.17, 15) is 19.2 Å². The molecule has 0 heterocycles. The van der Waals surface area contributed by atoms with Crippen LogP contribution in [0.25, 0.3) is 0 Å². The number of hydrogen-bond acceptors (Lipinski definition) is 6. The number of amides is 3. The first kappa shape index (κ1) is 36.5. The van der Waals surface area contributed by atoms with Crippen LogP contribution in [0.5, 0.6) is 0 Å². The normalized spacial score (nSPS) is 14.1. The highest BCUT2D eigenvalue weighted by atomic mass is 16.6. The Morgan fingerprint density at radius 1 is 1.00 bits per heavy atom. The summed E-state index contributed by atoms with van der Waals surface area (Å²) in [5, 5.41) is 5.61. The molecule has 0 aliphatic heterocycles. The molecule has 9 heteroatoms. The number of terminal acetylenes is 1. The summed E-state index contributed by atoms with van der Waals surface area (Å²) in [6, 6.07) is 4.58. The third kappa shape index (κ3) is 12.1. The molecule has 4 unspecified atom stereocenters. The highest BCUT2D eigenvalue weighted by molar-refractivity contribution is 5.92. The van der Waals surface area contributed by atoms with Crippen LogP contribution in [0.1, 0.15) is 105 Å². The lowest BCUT2D eigenvalue weighted by molar-refractivity contribution is -0.147. The minimum Gasteiger partial charge on any atom is -0.466 e. The van der Waals surface area contributed by atoms with Gasteiger partial charge in [-0.1, -0.05) is 52.2 Å². The number of esters is 1. The Kier molecular flexibility index (Phi) is 15.1. The predicted molar refractivity (Wildman–Crippen MR) is 164 cm³/mol. The maximum Gasteiger partial charge on any atom is 0.408 e. The zero-order valence-corrected chi connectivity index (χ0v) is 26.9. The van der Waals surface area contributed by atoms with Crippen LogP contribution >= 0.6 is 0 Å². The molecule has 1 aromatic rings. The second-order valence-electron chi connectivity index (χ2n) is 12.1. The predicted octanol–water partition coefficient (Wildman–Crippen LogP) is 5.37. The number of rotatable bonds is 15. The van der Waals surface area contributed by atoms with Gasteiger partial charge in [-0.2, -0.15) is 0 Å². The van der Waals surface area contributed by atoms with Crippen LogP contribution in [0.4, 0.5) is 4.79 Å².